The zero-order valence-electron chi connectivity index (χ0n) is 25.9. The summed E-state index contributed by atoms with van der Waals surface area (Å²) in [6.07, 6.45) is -12.3. The van der Waals surface area contributed by atoms with Gasteiger partial charge in [-0.2, -0.15) is 4.98 Å². The first-order valence-electron chi connectivity index (χ1n) is 15.0. The summed E-state index contributed by atoms with van der Waals surface area (Å²) < 4.78 is 52.6. The van der Waals surface area contributed by atoms with Crippen LogP contribution in [-0.2, 0) is 37.3 Å². The normalized spacial score (nSPS) is 34.6. The molecular weight excluding hydrogens is 685 g/mol. The van der Waals surface area contributed by atoms with Gasteiger partial charge in [-0.15, -0.1) is 0 Å². The second-order valence-electron chi connectivity index (χ2n) is 11.6. The lowest BCUT2D eigenvalue weighted by Gasteiger charge is -2.40. The van der Waals surface area contributed by atoms with Crippen molar-refractivity contribution in [1.29, 1.82) is 0 Å². The number of nitrogens with one attached hydrogen (secondary N) is 1. The van der Waals surface area contributed by atoms with Crippen molar-refractivity contribution in [1.82, 2.24) is 19.1 Å². The second kappa shape index (κ2) is 15.5. The maximum Gasteiger partial charge on any atom is 0.472 e. The number of phosphoric acid groups is 1. The highest BCUT2D eigenvalue weighted by molar-refractivity contribution is 7.47. The van der Waals surface area contributed by atoms with Gasteiger partial charge in [-0.3, -0.25) is 28.0 Å². The molecule has 23 heteroatoms. The number of H-pyrrole nitrogens is 1. The number of aromatic nitrogens is 4. The number of rotatable bonds is 13. The molecule has 5 rings (SSSR count). The molecule has 49 heavy (non-hydrogen) atoms. The summed E-state index contributed by atoms with van der Waals surface area (Å²) >= 11 is 0. The van der Waals surface area contributed by atoms with Crippen molar-refractivity contribution in [2.75, 3.05) is 32.3 Å². The Morgan fingerprint density at radius 2 is 1.71 bits per heavy atom. The molecule has 12 unspecified atom stereocenters. The van der Waals surface area contributed by atoms with Crippen molar-refractivity contribution in [3.63, 3.8) is 0 Å². The number of nitrogens with zero attached hydrogens (tertiary/aromatic N) is 3. The second-order valence-corrected chi connectivity index (χ2v) is 13.0. The Kier molecular flexibility index (Phi) is 11.8. The molecule has 2 aromatic rings. The van der Waals surface area contributed by atoms with Crippen LogP contribution in [-0.4, -0.2) is 131 Å². The zero-order chi connectivity index (χ0) is 35.6. The van der Waals surface area contributed by atoms with Crippen molar-refractivity contribution in [3.05, 3.63) is 55.3 Å². The first-order chi connectivity index (χ1) is 23.2. The molecule has 0 aromatic carbocycles. The minimum Gasteiger partial charge on any atom is -0.394 e. The van der Waals surface area contributed by atoms with Crippen LogP contribution in [0, 0.1) is 6.92 Å². The maximum absolute atomic E-state index is 12.8. The minimum atomic E-state index is -4.97. The average Bonchev–Trinajstić information content (AvgIpc) is 3.62. The van der Waals surface area contributed by atoms with E-state index in [-0.39, 0.29) is 30.8 Å². The van der Waals surface area contributed by atoms with Gasteiger partial charge in [0.05, 0.1) is 25.9 Å². The Labute approximate surface area is 275 Å². The van der Waals surface area contributed by atoms with Crippen LogP contribution in [0.4, 0.5) is 5.82 Å². The van der Waals surface area contributed by atoms with Crippen LogP contribution in [0.3, 0.4) is 0 Å². The van der Waals surface area contributed by atoms with Crippen molar-refractivity contribution < 1.29 is 67.7 Å². The molecule has 2 aromatic heterocycles. The fraction of sp³-hybridized carbons (Fsp3) is 0.692. The van der Waals surface area contributed by atoms with E-state index in [0.717, 1.165) is 9.13 Å². The van der Waals surface area contributed by atoms with Crippen molar-refractivity contribution >= 4 is 13.6 Å². The largest absolute Gasteiger partial charge is 0.472 e. The Balaban J connectivity index is 1.11. The monoisotopic (exact) mass is 723 g/mol. The van der Waals surface area contributed by atoms with Crippen molar-refractivity contribution in [2.45, 2.75) is 87.3 Å². The molecule has 3 fully saturated rings. The Hall–Kier alpha value is -2.93. The van der Waals surface area contributed by atoms with Crippen LogP contribution in [0.2, 0.25) is 0 Å². The number of hydrogen-bond acceptors (Lipinski definition) is 18. The molecule has 3 saturated heterocycles. The van der Waals surface area contributed by atoms with Gasteiger partial charge in [0.25, 0.3) is 5.56 Å². The van der Waals surface area contributed by atoms with Crippen LogP contribution < -0.4 is 22.7 Å². The number of aryl methyl sites for hydroxylation is 1. The SMILES string of the molecule is Cc1cn(C2CC(OP(=O)(O)OCC3OC(OCOCC4OC(n5ccc(N)nc5=O)CC4O)C(O)C(O)C3O)C(CO)O2)c(=O)[nH]c1=O. The van der Waals surface area contributed by atoms with Crippen LogP contribution in [0.25, 0.3) is 0 Å². The lowest BCUT2D eigenvalue weighted by Crippen LogP contribution is -2.59. The lowest BCUT2D eigenvalue weighted by atomic mass is 9.99. The van der Waals surface area contributed by atoms with Gasteiger partial charge in [0.2, 0.25) is 0 Å². The average molecular weight is 724 g/mol. The minimum absolute atomic E-state index is 0.0257. The van der Waals surface area contributed by atoms with Gasteiger partial charge in [0, 0.05) is 30.8 Å². The number of ether oxygens (including phenoxy) is 5. The number of aromatic amines is 1. The molecule has 3 aliphatic rings. The first kappa shape index (κ1) is 37.3. The van der Waals surface area contributed by atoms with Gasteiger partial charge in [-0.25, -0.2) is 14.2 Å². The third-order valence-electron chi connectivity index (χ3n) is 8.12. The number of aliphatic hydroxyl groups excluding tert-OH is 5. The smallest absolute Gasteiger partial charge is 0.394 e. The van der Waals surface area contributed by atoms with E-state index in [0.29, 0.717) is 0 Å². The van der Waals surface area contributed by atoms with Gasteiger partial charge in [0.15, 0.2) is 6.29 Å². The number of aliphatic hydroxyl groups is 5. The van der Waals surface area contributed by atoms with E-state index < -0.39 is 112 Å². The van der Waals surface area contributed by atoms with Crippen molar-refractivity contribution in [3.8, 4) is 0 Å². The van der Waals surface area contributed by atoms with E-state index in [1.54, 1.807) is 0 Å². The quantitative estimate of drug-likeness (QED) is 0.0553. The summed E-state index contributed by atoms with van der Waals surface area (Å²) in [5.41, 5.74) is 3.60. The highest BCUT2D eigenvalue weighted by atomic mass is 31.2. The van der Waals surface area contributed by atoms with Gasteiger partial charge in [-0.05, 0) is 13.0 Å². The maximum atomic E-state index is 12.8. The third kappa shape index (κ3) is 8.69. The molecule has 0 amide bonds. The van der Waals surface area contributed by atoms with Crippen LogP contribution >= 0.6 is 7.82 Å². The highest BCUT2D eigenvalue weighted by Gasteiger charge is 2.47. The van der Waals surface area contributed by atoms with E-state index >= 15 is 0 Å². The fourth-order valence-corrected chi connectivity index (χ4v) is 6.43. The summed E-state index contributed by atoms with van der Waals surface area (Å²) in [5, 5.41) is 51.2. The fourth-order valence-electron chi connectivity index (χ4n) is 5.47. The Morgan fingerprint density at radius 3 is 2.43 bits per heavy atom. The van der Waals surface area contributed by atoms with Gasteiger partial charge in [-0.1, -0.05) is 0 Å². The molecule has 0 bridgehead atoms. The van der Waals surface area contributed by atoms with E-state index in [2.05, 4.69) is 9.97 Å². The molecule has 3 aliphatic heterocycles. The summed E-state index contributed by atoms with van der Waals surface area (Å²) in [6.45, 7) is -0.848. The molecule has 12 atom stereocenters. The topological polar surface area (TPSA) is 319 Å². The zero-order valence-corrected chi connectivity index (χ0v) is 26.8. The molecule has 0 spiro atoms. The lowest BCUT2D eigenvalue weighted by molar-refractivity contribution is -0.317. The molecule has 0 saturated carbocycles. The van der Waals surface area contributed by atoms with E-state index in [1.807, 2.05) is 0 Å². The third-order valence-corrected chi connectivity index (χ3v) is 9.13. The predicted octanol–water partition coefficient (Wildman–Crippen LogP) is -4.09. The first-order valence-corrected chi connectivity index (χ1v) is 16.5. The number of anilines is 1. The van der Waals surface area contributed by atoms with Crippen molar-refractivity contribution in [2.24, 2.45) is 0 Å². The van der Waals surface area contributed by atoms with Gasteiger partial charge >= 0.3 is 19.2 Å². The van der Waals surface area contributed by atoms with Gasteiger partial charge < -0.3 is 59.8 Å². The molecular formula is C26H38N5O17P. The standard InChI is InChI=1S/C26H38N5O17P/c1-11-6-31(26(39)29-23(11)37)19-5-13(14(7-32)45-19)48-49(40,41)44-9-16-20(34)21(35)22(36)24(47-16)43-10-42-8-15-12(33)4-18(46-15)30-3-2-17(27)28-25(30)38/h2-3,6,12-16,18-22,24,32-36H,4-5,7-10H2,1H3,(H,40,41)(H2,27,28,38)(H,29,37,39). The summed E-state index contributed by atoms with van der Waals surface area (Å²) in [6, 6.07) is 1.40. The Bertz CT molecular complexity index is 1670. The number of nitrogens with two attached hydrogens (primary N) is 1. The molecule has 274 valence electrons. The molecule has 5 heterocycles. The molecule has 9 N–H and O–H groups in total. The summed E-state index contributed by atoms with van der Waals surface area (Å²) in [7, 11) is -4.97. The number of phosphoric ester groups is 1. The van der Waals surface area contributed by atoms with Gasteiger partial charge in [0.1, 0.15) is 67.8 Å². The van der Waals surface area contributed by atoms with Crippen LogP contribution in [0.15, 0.2) is 32.8 Å². The van der Waals surface area contributed by atoms with Crippen LogP contribution in [0.1, 0.15) is 30.9 Å². The Morgan fingerprint density at radius 1 is 1.00 bits per heavy atom. The number of hydrogen-bond donors (Lipinski definition) is 8. The van der Waals surface area contributed by atoms with E-state index in [9.17, 15) is 49.4 Å². The van der Waals surface area contributed by atoms with E-state index in [4.69, 9.17) is 38.5 Å². The summed E-state index contributed by atoms with van der Waals surface area (Å²) in [5.74, 6) is 0.0257. The van der Waals surface area contributed by atoms with Crippen LogP contribution in [0.5, 0.6) is 0 Å². The summed E-state index contributed by atoms with van der Waals surface area (Å²) in [4.78, 5) is 52.2. The number of nitrogen functional groups attached to an aromatic ring is 1. The van der Waals surface area contributed by atoms with E-state index in [1.165, 1.54) is 25.4 Å². The molecule has 0 aliphatic carbocycles. The highest BCUT2D eigenvalue weighted by Crippen LogP contribution is 2.48. The molecule has 0 radical (unpaired) electrons. The predicted molar refractivity (Wildman–Crippen MR) is 158 cm³/mol. The molecule has 22 nitrogen and oxygen atoms in total.